The summed E-state index contributed by atoms with van der Waals surface area (Å²) in [5.74, 6) is 1.72. The van der Waals surface area contributed by atoms with Crippen molar-refractivity contribution in [2.75, 3.05) is 33.2 Å². The average molecular weight is 510 g/mol. The standard InChI is InChI=1S/C22H34N6.HI/c1-17-9-12-27(13-10-17)14-11-24-22(23-4)25-16-20-7-5-6-8-21(20)28-19(3)15-18(2)26-28;/h5-8,15,17H,9-14,16H2,1-4H3,(H2,23,24,25);1H. The molecule has 1 saturated heterocycles. The number of aromatic nitrogens is 2. The van der Waals surface area contributed by atoms with Crippen LogP contribution >= 0.6 is 24.0 Å². The molecular weight excluding hydrogens is 475 g/mol. The molecular formula is C22H35IN6. The van der Waals surface area contributed by atoms with Gasteiger partial charge in [0.05, 0.1) is 11.4 Å². The lowest BCUT2D eigenvalue weighted by Gasteiger charge is -2.30. The zero-order valence-electron chi connectivity index (χ0n) is 18.1. The van der Waals surface area contributed by atoms with Gasteiger partial charge in [-0.05, 0) is 63.4 Å². The van der Waals surface area contributed by atoms with Crippen LogP contribution in [0.25, 0.3) is 5.69 Å². The molecule has 0 spiro atoms. The molecule has 29 heavy (non-hydrogen) atoms. The maximum Gasteiger partial charge on any atom is 0.191 e. The molecule has 1 aliphatic rings. The van der Waals surface area contributed by atoms with Gasteiger partial charge in [0.1, 0.15) is 0 Å². The van der Waals surface area contributed by atoms with E-state index in [1.807, 2.05) is 18.7 Å². The summed E-state index contributed by atoms with van der Waals surface area (Å²) in [6.07, 6.45) is 2.63. The van der Waals surface area contributed by atoms with E-state index in [9.17, 15) is 0 Å². The zero-order valence-corrected chi connectivity index (χ0v) is 20.4. The first-order valence-electron chi connectivity index (χ1n) is 10.3. The van der Waals surface area contributed by atoms with Crippen molar-refractivity contribution in [2.45, 2.75) is 40.2 Å². The maximum absolute atomic E-state index is 4.63. The van der Waals surface area contributed by atoms with E-state index in [-0.39, 0.29) is 24.0 Å². The Morgan fingerprint density at radius 1 is 1.17 bits per heavy atom. The highest BCUT2D eigenvalue weighted by Crippen LogP contribution is 2.17. The van der Waals surface area contributed by atoms with Crippen molar-refractivity contribution >= 4 is 29.9 Å². The summed E-state index contributed by atoms with van der Waals surface area (Å²) in [5, 5.41) is 11.5. The van der Waals surface area contributed by atoms with E-state index >= 15 is 0 Å². The molecule has 2 aromatic rings. The molecule has 6 nitrogen and oxygen atoms in total. The smallest absolute Gasteiger partial charge is 0.191 e. The molecule has 0 amide bonds. The van der Waals surface area contributed by atoms with Crippen molar-refractivity contribution in [2.24, 2.45) is 10.9 Å². The predicted molar refractivity (Wildman–Crippen MR) is 131 cm³/mol. The third-order valence-corrected chi connectivity index (χ3v) is 5.50. The van der Waals surface area contributed by atoms with Gasteiger partial charge in [-0.25, -0.2) is 4.68 Å². The Labute approximate surface area is 192 Å². The Morgan fingerprint density at radius 3 is 2.55 bits per heavy atom. The van der Waals surface area contributed by atoms with E-state index in [2.05, 4.69) is 69.8 Å². The van der Waals surface area contributed by atoms with Crippen molar-refractivity contribution in [1.82, 2.24) is 25.3 Å². The number of hydrogen-bond acceptors (Lipinski definition) is 3. The number of hydrogen-bond donors (Lipinski definition) is 2. The molecule has 0 unspecified atom stereocenters. The summed E-state index contributed by atoms with van der Waals surface area (Å²) in [5.41, 5.74) is 4.48. The normalized spacial score (nSPS) is 15.8. The molecule has 0 bridgehead atoms. The number of para-hydroxylation sites is 1. The molecule has 0 aliphatic carbocycles. The molecule has 0 atom stereocenters. The summed E-state index contributed by atoms with van der Waals surface area (Å²) in [7, 11) is 1.82. The van der Waals surface area contributed by atoms with Gasteiger partial charge in [0, 0.05) is 32.4 Å². The molecule has 2 heterocycles. The van der Waals surface area contributed by atoms with Gasteiger partial charge >= 0.3 is 0 Å². The number of halogens is 1. The van der Waals surface area contributed by atoms with Crippen LogP contribution in [0.3, 0.4) is 0 Å². The van der Waals surface area contributed by atoms with Crippen LogP contribution in [0.15, 0.2) is 35.3 Å². The molecule has 7 heteroatoms. The van der Waals surface area contributed by atoms with Crippen LogP contribution in [-0.2, 0) is 6.54 Å². The van der Waals surface area contributed by atoms with Gasteiger partial charge in [0.2, 0.25) is 0 Å². The molecule has 2 N–H and O–H groups in total. The van der Waals surface area contributed by atoms with E-state index in [1.165, 1.54) is 31.5 Å². The highest BCUT2D eigenvalue weighted by molar-refractivity contribution is 14.0. The summed E-state index contributed by atoms with van der Waals surface area (Å²) >= 11 is 0. The van der Waals surface area contributed by atoms with Crippen LogP contribution < -0.4 is 10.6 Å². The maximum atomic E-state index is 4.63. The van der Waals surface area contributed by atoms with Crippen LogP contribution in [0.2, 0.25) is 0 Å². The number of likely N-dealkylation sites (tertiary alicyclic amines) is 1. The highest BCUT2D eigenvalue weighted by Gasteiger charge is 2.15. The van der Waals surface area contributed by atoms with Gasteiger partial charge in [-0.2, -0.15) is 5.10 Å². The van der Waals surface area contributed by atoms with Crippen molar-refractivity contribution in [1.29, 1.82) is 0 Å². The SMILES string of the molecule is CN=C(NCCN1CCC(C)CC1)NCc1ccccc1-n1nc(C)cc1C.I. The fourth-order valence-electron chi connectivity index (χ4n) is 3.76. The second-order valence-electron chi connectivity index (χ2n) is 7.84. The minimum absolute atomic E-state index is 0. The number of benzene rings is 1. The highest BCUT2D eigenvalue weighted by atomic mass is 127. The fraction of sp³-hybridized carbons (Fsp3) is 0.545. The number of nitrogens with one attached hydrogen (secondary N) is 2. The molecule has 3 rings (SSSR count). The second kappa shape index (κ2) is 11.5. The monoisotopic (exact) mass is 510 g/mol. The van der Waals surface area contributed by atoms with Gasteiger partial charge in [0.25, 0.3) is 0 Å². The lowest BCUT2D eigenvalue weighted by Crippen LogP contribution is -2.43. The molecule has 0 radical (unpaired) electrons. The summed E-state index contributed by atoms with van der Waals surface area (Å²) < 4.78 is 2.01. The quantitative estimate of drug-likeness (QED) is 0.355. The number of aliphatic imine (C=N–C) groups is 1. The molecule has 0 saturated carbocycles. The second-order valence-corrected chi connectivity index (χ2v) is 7.84. The van der Waals surface area contributed by atoms with Gasteiger partial charge in [-0.15, -0.1) is 24.0 Å². The fourth-order valence-corrected chi connectivity index (χ4v) is 3.76. The van der Waals surface area contributed by atoms with Crippen LogP contribution in [0, 0.1) is 19.8 Å². The molecule has 160 valence electrons. The Balaban J connectivity index is 0.00000300. The Hall–Kier alpha value is -1.61. The van der Waals surface area contributed by atoms with Crippen LogP contribution in [0.5, 0.6) is 0 Å². The molecule has 1 aliphatic heterocycles. The summed E-state index contributed by atoms with van der Waals surface area (Å²) in [6.45, 7) is 11.6. The minimum atomic E-state index is 0. The van der Waals surface area contributed by atoms with Crippen molar-refractivity contribution in [3.63, 3.8) is 0 Å². The number of rotatable bonds is 6. The van der Waals surface area contributed by atoms with Crippen LogP contribution in [-0.4, -0.2) is 53.9 Å². The Kier molecular flexibility index (Phi) is 9.42. The molecule has 1 aromatic heterocycles. The third kappa shape index (κ3) is 6.70. The topological polar surface area (TPSA) is 57.5 Å². The molecule has 1 fully saturated rings. The Morgan fingerprint density at radius 2 is 1.90 bits per heavy atom. The van der Waals surface area contributed by atoms with E-state index in [4.69, 9.17) is 0 Å². The van der Waals surface area contributed by atoms with Crippen molar-refractivity contribution in [3.8, 4) is 5.69 Å². The van der Waals surface area contributed by atoms with Gasteiger partial charge in [-0.3, -0.25) is 4.99 Å². The largest absolute Gasteiger partial charge is 0.355 e. The first kappa shape index (κ1) is 23.7. The van der Waals surface area contributed by atoms with Gasteiger partial charge < -0.3 is 15.5 Å². The minimum Gasteiger partial charge on any atom is -0.355 e. The van der Waals surface area contributed by atoms with Crippen LogP contribution in [0.4, 0.5) is 0 Å². The van der Waals surface area contributed by atoms with Gasteiger partial charge in [-0.1, -0.05) is 25.1 Å². The predicted octanol–water partition coefficient (Wildman–Crippen LogP) is 3.50. The first-order chi connectivity index (χ1) is 13.6. The molecule has 1 aromatic carbocycles. The van der Waals surface area contributed by atoms with Gasteiger partial charge in [0.15, 0.2) is 5.96 Å². The Bertz CT molecular complexity index is 792. The zero-order chi connectivity index (χ0) is 19.9. The van der Waals surface area contributed by atoms with Crippen molar-refractivity contribution in [3.05, 3.63) is 47.3 Å². The van der Waals surface area contributed by atoms with Crippen LogP contribution in [0.1, 0.15) is 36.7 Å². The number of nitrogens with zero attached hydrogens (tertiary/aromatic N) is 4. The number of piperidine rings is 1. The van der Waals surface area contributed by atoms with E-state index in [1.54, 1.807) is 0 Å². The lowest BCUT2D eigenvalue weighted by molar-refractivity contribution is 0.195. The third-order valence-electron chi connectivity index (χ3n) is 5.50. The van der Waals surface area contributed by atoms with E-state index < -0.39 is 0 Å². The average Bonchev–Trinajstić information content (AvgIpc) is 3.04. The lowest BCUT2D eigenvalue weighted by atomic mass is 9.99. The van der Waals surface area contributed by atoms with Crippen molar-refractivity contribution < 1.29 is 0 Å². The number of aryl methyl sites for hydroxylation is 2. The van der Waals surface area contributed by atoms with E-state index in [0.29, 0.717) is 6.54 Å². The summed E-state index contributed by atoms with van der Waals surface area (Å²) in [6, 6.07) is 10.5. The first-order valence-corrected chi connectivity index (χ1v) is 10.3. The summed E-state index contributed by atoms with van der Waals surface area (Å²) in [4.78, 5) is 6.92. The van der Waals surface area contributed by atoms with E-state index in [0.717, 1.165) is 42.0 Å². The number of guanidine groups is 1.